The van der Waals surface area contributed by atoms with Crippen LogP contribution >= 0.6 is 11.3 Å². The minimum atomic E-state index is -1.28. The summed E-state index contributed by atoms with van der Waals surface area (Å²) in [5.74, 6) is -1.87. The molecule has 0 bridgehead atoms. The number of fused-ring (bicyclic) bond motifs is 3. The first-order valence-electron chi connectivity index (χ1n) is 14.6. The SMILES string of the molecule is COc1ccc2c(C[C@@H]3C[C@H]4C(=O)N[C@]5(C(=O)O)C[C@H]5/C=C\CCCN(C)C(=O)[C@@H]4C3)cc(-c3nccs3)nc2c1C. The molecule has 1 aromatic carbocycles. The van der Waals surface area contributed by atoms with Crippen LogP contribution in [0.5, 0.6) is 5.75 Å². The summed E-state index contributed by atoms with van der Waals surface area (Å²) >= 11 is 1.53. The first-order valence-corrected chi connectivity index (χ1v) is 15.4. The summed E-state index contributed by atoms with van der Waals surface area (Å²) < 4.78 is 5.58. The highest BCUT2D eigenvalue weighted by Gasteiger charge is 2.61. The Morgan fingerprint density at radius 2 is 2.07 bits per heavy atom. The number of ether oxygens (including phenoxy) is 1. The second-order valence-corrected chi connectivity index (χ2v) is 12.8. The fourth-order valence-electron chi connectivity index (χ4n) is 6.89. The summed E-state index contributed by atoms with van der Waals surface area (Å²) in [6.45, 7) is 2.60. The molecule has 2 N–H and O–H groups in total. The van der Waals surface area contributed by atoms with E-state index in [-0.39, 0.29) is 23.7 Å². The van der Waals surface area contributed by atoms with Crippen LogP contribution in [0, 0.1) is 30.6 Å². The summed E-state index contributed by atoms with van der Waals surface area (Å²) in [4.78, 5) is 50.9. The van der Waals surface area contributed by atoms with Gasteiger partial charge in [0.15, 0.2) is 0 Å². The lowest BCUT2D eigenvalue weighted by atomic mass is 9.93. The Balaban J connectivity index is 1.34. The van der Waals surface area contributed by atoms with Crippen molar-refractivity contribution in [1.29, 1.82) is 0 Å². The number of amides is 2. The molecule has 10 heteroatoms. The van der Waals surface area contributed by atoms with Crippen LogP contribution in [0.2, 0.25) is 0 Å². The third-order valence-corrected chi connectivity index (χ3v) is 10.1. The molecule has 2 aromatic heterocycles. The molecule has 42 heavy (non-hydrogen) atoms. The average Bonchev–Trinajstić information content (AvgIpc) is 3.31. The van der Waals surface area contributed by atoms with Gasteiger partial charge in [-0.2, -0.15) is 0 Å². The average molecular weight is 589 g/mol. The van der Waals surface area contributed by atoms with Gasteiger partial charge in [0.2, 0.25) is 11.8 Å². The number of aliphatic carboxylic acids is 1. The first-order chi connectivity index (χ1) is 20.2. The monoisotopic (exact) mass is 588 g/mol. The minimum absolute atomic E-state index is 0.0405. The van der Waals surface area contributed by atoms with E-state index in [1.807, 2.05) is 36.6 Å². The van der Waals surface area contributed by atoms with Crippen LogP contribution in [-0.2, 0) is 20.8 Å². The zero-order valence-corrected chi connectivity index (χ0v) is 24.9. The number of carbonyl (C=O) groups excluding carboxylic acids is 2. The van der Waals surface area contributed by atoms with E-state index < -0.39 is 23.3 Å². The summed E-state index contributed by atoms with van der Waals surface area (Å²) in [5, 5.41) is 16.7. The van der Waals surface area contributed by atoms with Gasteiger partial charge in [-0.15, -0.1) is 11.3 Å². The summed E-state index contributed by atoms with van der Waals surface area (Å²) in [6, 6.07) is 6.06. The van der Waals surface area contributed by atoms with Crippen LogP contribution in [0.1, 0.15) is 43.2 Å². The maximum absolute atomic E-state index is 13.7. The molecule has 2 saturated carbocycles. The van der Waals surface area contributed by atoms with Gasteiger partial charge in [-0.05, 0) is 75.1 Å². The van der Waals surface area contributed by atoms with Crippen LogP contribution in [0.25, 0.3) is 21.6 Å². The second kappa shape index (κ2) is 11.1. The Labute approximate surface area is 249 Å². The van der Waals surface area contributed by atoms with Gasteiger partial charge in [0.25, 0.3) is 0 Å². The highest BCUT2D eigenvalue weighted by molar-refractivity contribution is 7.13. The van der Waals surface area contributed by atoms with E-state index in [0.29, 0.717) is 32.2 Å². The number of benzene rings is 1. The maximum Gasteiger partial charge on any atom is 0.330 e. The Hall–Kier alpha value is -3.79. The number of thiazole rings is 1. The van der Waals surface area contributed by atoms with E-state index >= 15 is 0 Å². The highest BCUT2D eigenvalue weighted by atomic mass is 32.1. The van der Waals surface area contributed by atoms with Crippen LogP contribution in [0.3, 0.4) is 0 Å². The van der Waals surface area contributed by atoms with Crippen LogP contribution < -0.4 is 10.1 Å². The first kappa shape index (κ1) is 28.3. The number of pyridine rings is 1. The highest BCUT2D eigenvalue weighted by Crippen LogP contribution is 2.47. The van der Waals surface area contributed by atoms with E-state index in [1.54, 1.807) is 25.3 Å². The molecule has 5 atom stereocenters. The summed E-state index contributed by atoms with van der Waals surface area (Å²) in [5.41, 5.74) is 2.39. The number of hydrogen-bond donors (Lipinski definition) is 2. The van der Waals surface area contributed by atoms with E-state index in [9.17, 15) is 19.5 Å². The van der Waals surface area contributed by atoms with Crippen molar-refractivity contribution in [2.45, 2.75) is 51.0 Å². The van der Waals surface area contributed by atoms with Crippen molar-refractivity contribution in [3.8, 4) is 16.5 Å². The van der Waals surface area contributed by atoms with Crippen molar-refractivity contribution in [2.24, 2.45) is 23.7 Å². The van der Waals surface area contributed by atoms with E-state index in [2.05, 4.69) is 16.4 Å². The Morgan fingerprint density at radius 3 is 2.81 bits per heavy atom. The standard InChI is InChI=1S/C32H36N4O5S/c1-18-26(41-3)9-8-22-20(16-25(34-27(18)22)29-33-10-12-42-29)13-19-14-23-24(15-19)30(38)36(2)11-6-4-5-7-21-17-32(21,31(39)40)35-28(23)37/h5,7-10,12,16,19,21,23-24H,4,6,11,13-15,17H2,1-3H3,(H,35,37)(H,39,40)/b7-5-/t19-,21-,23-,24-,32-/m1/s1. The number of carboxylic acid groups (broad SMARTS) is 1. The molecular weight excluding hydrogens is 552 g/mol. The number of nitrogens with one attached hydrogen (secondary N) is 1. The van der Waals surface area contributed by atoms with Crippen molar-refractivity contribution in [1.82, 2.24) is 20.2 Å². The Bertz CT molecular complexity index is 1570. The van der Waals surface area contributed by atoms with Gasteiger partial charge < -0.3 is 20.1 Å². The summed E-state index contributed by atoms with van der Waals surface area (Å²) in [7, 11) is 3.45. The molecule has 3 aromatic rings. The molecule has 1 aliphatic heterocycles. The topological polar surface area (TPSA) is 122 Å². The number of aryl methyl sites for hydroxylation is 1. The molecule has 2 aliphatic carbocycles. The van der Waals surface area contributed by atoms with Crippen LogP contribution in [0.4, 0.5) is 0 Å². The van der Waals surface area contributed by atoms with Gasteiger partial charge in [-0.25, -0.2) is 14.8 Å². The maximum atomic E-state index is 13.7. The van der Waals surface area contributed by atoms with Gasteiger partial charge in [-0.1, -0.05) is 12.2 Å². The molecule has 0 radical (unpaired) electrons. The van der Waals surface area contributed by atoms with Gasteiger partial charge in [-0.3, -0.25) is 9.59 Å². The number of rotatable bonds is 5. The third-order valence-electron chi connectivity index (χ3n) is 9.32. The predicted octanol–water partition coefficient (Wildman–Crippen LogP) is 4.63. The molecule has 0 unspecified atom stereocenters. The number of aromatic nitrogens is 2. The molecule has 9 nitrogen and oxygen atoms in total. The van der Waals surface area contributed by atoms with E-state index in [4.69, 9.17) is 9.72 Å². The molecule has 3 heterocycles. The molecule has 0 saturated heterocycles. The smallest absolute Gasteiger partial charge is 0.330 e. The lowest BCUT2D eigenvalue weighted by molar-refractivity contribution is -0.145. The number of hydrogen-bond acceptors (Lipinski definition) is 7. The van der Waals surface area contributed by atoms with E-state index in [0.717, 1.165) is 51.3 Å². The van der Waals surface area contributed by atoms with E-state index in [1.165, 1.54) is 11.3 Å². The fraction of sp³-hybridized carbons (Fsp3) is 0.469. The summed E-state index contributed by atoms with van der Waals surface area (Å²) in [6.07, 6.45) is 9.32. The quantitative estimate of drug-likeness (QED) is 0.417. The molecule has 2 fully saturated rings. The van der Waals surface area contributed by atoms with Gasteiger partial charge in [0.05, 0.1) is 18.3 Å². The van der Waals surface area contributed by atoms with Gasteiger partial charge in [0.1, 0.15) is 16.3 Å². The lowest BCUT2D eigenvalue weighted by Crippen LogP contribution is -2.49. The molecule has 6 rings (SSSR count). The van der Waals surface area contributed by atoms with Crippen LogP contribution in [0.15, 0.2) is 41.9 Å². The largest absolute Gasteiger partial charge is 0.496 e. The Morgan fingerprint density at radius 1 is 1.26 bits per heavy atom. The van der Waals surface area contributed by atoms with Gasteiger partial charge in [0, 0.05) is 53.9 Å². The zero-order valence-electron chi connectivity index (χ0n) is 24.1. The van der Waals surface area contributed by atoms with Crippen molar-refractivity contribution >= 4 is 40.0 Å². The van der Waals surface area contributed by atoms with Crippen molar-refractivity contribution in [3.05, 3.63) is 53.1 Å². The number of methoxy groups -OCH3 is 1. The molecular formula is C32H36N4O5S. The lowest BCUT2D eigenvalue weighted by Gasteiger charge is -2.25. The van der Waals surface area contributed by atoms with Crippen molar-refractivity contribution in [2.75, 3.05) is 20.7 Å². The molecule has 220 valence electrons. The number of carboxylic acids is 1. The zero-order chi connectivity index (χ0) is 29.6. The van der Waals surface area contributed by atoms with Crippen molar-refractivity contribution < 1.29 is 24.2 Å². The predicted molar refractivity (Wildman–Crippen MR) is 160 cm³/mol. The number of allylic oxidation sites excluding steroid dienone is 1. The normalized spacial score (nSPS) is 28.6. The number of carbonyl (C=O) groups is 3. The Kier molecular flexibility index (Phi) is 7.51. The second-order valence-electron chi connectivity index (χ2n) is 12.0. The van der Waals surface area contributed by atoms with Crippen molar-refractivity contribution in [3.63, 3.8) is 0 Å². The third kappa shape index (κ3) is 5.06. The number of nitrogens with zero attached hydrogens (tertiary/aromatic N) is 3. The fourth-order valence-corrected chi connectivity index (χ4v) is 7.49. The molecule has 2 amide bonds. The van der Waals surface area contributed by atoms with Gasteiger partial charge >= 0.3 is 5.97 Å². The molecule has 3 aliphatic rings. The molecule has 0 spiro atoms. The van der Waals surface area contributed by atoms with Crippen LogP contribution in [-0.4, -0.2) is 64.0 Å². The minimum Gasteiger partial charge on any atom is -0.496 e.